The summed E-state index contributed by atoms with van der Waals surface area (Å²) in [4.78, 5) is 22.0. The minimum absolute atomic E-state index is 0.225. The highest BCUT2D eigenvalue weighted by Crippen LogP contribution is 2.27. The van der Waals surface area contributed by atoms with Gasteiger partial charge in [-0.3, -0.25) is 4.79 Å². The molecular weight excluding hydrogens is 428 g/mol. The SMILES string of the molecule is CCCNc1nc(SC(C)C)nc2c1cnn2CCNC(=O)c1ccc(OC)cc1OC. The number of carbonyl (C=O) groups excluding carboxylic acids is 1. The molecule has 0 unspecified atom stereocenters. The number of carbonyl (C=O) groups is 1. The van der Waals surface area contributed by atoms with Crippen molar-refractivity contribution in [3.8, 4) is 11.5 Å². The van der Waals surface area contributed by atoms with Gasteiger partial charge in [-0.25, -0.2) is 14.6 Å². The largest absolute Gasteiger partial charge is 0.497 e. The van der Waals surface area contributed by atoms with Crippen molar-refractivity contribution in [1.82, 2.24) is 25.1 Å². The van der Waals surface area contributed by atoms with Gasteiger partial charge in [0.15, 0.2) is 10.8 Å². The fourth-order valence-corrected chi connectivity index (χ4v) is 3.80. The smallest absolute Gasteiger partial charge is 0.255 e. The molecule has 3 rings (SSSR count). The molecule has 0 bridgehead atoms. The Bertz CT molecular complexity index is 1070. The number of methoxy groups -OCH3 is 2. The Kier molecular flexibility index (Phi) is 8.15. The molecule has 0 fully saturated rings. The minimum Gasteiger partial charge on any atom is -0.497 e. The van der Waals surface area contributed by atoms with Crippen molar-refractivity contribution in [2.45, 2.75) is 44.1 Å². The molecular formula is C22H30N6O3S. The number of benzene rings is 1. The first-order valence-corrected chi connectivity index (χ1v) is 11.5. The molecule has 172 valence electrons. The number of hydrogen-bond donors (Lipinski definition) is 2. The molecule has 0 aliphatic rings. The average molecular weight is 459 g/mol. The molecule has 3 aromatic rings. The molecule has 1 aromatic carbocycles. The Morgan fingerprint density at radius 1 is 1.19 bits per heavy atom. The molecule has 2 aromatic heterocycles. The first-order valence-electron chi connectivity index (χ1n) is 10.6. The summed E-state index contributed by atoms with van der Waals surface area (Å²) in [6.45, 7) is 8.01. The third-order valence-corrected chi connectivity index (χ3v) is 5.49. The highest BCUT2D eigenvalue weighted by atomic mass is 32.2. The third-order valence-electron chi connectivity index (χ3n) is 4.62. The van der Waals surface area contributed by atoms with E-state index < -0.39 is 0 Å². The molecule has 2 N–H and O–H groups in total. The van der Waals surface area contributed by atoms with E-state index in [0.717, 1.165) is 29.8 Å². The second kappa shape index (κ2) is 11.0. The van der Waals surface area contributed by atoms with Crippen molar-refractivity contribution in [1.29, 1.82) is 0 Å². The van der Waals surface area contributed by atoms with Gasteiger partial charge in [-0.2, -0.15) is 5.10 Å². The monoisotopic (exact) mass is 458 g/mol. The maximum atomic E-state index is 12.7. The van der Waals surface area contributed by atoms with Crippen molar-refractivity contribution >= 4 is 34.5 Å². The number of amides is 1. The van der Waals surface area contributed by atoms with Gasteiger partial charge >= 0.3 is 0 Å². The van der Waals surface area contributed by atoms with E-state index in [0.29, 0.717) is 40.6 Å². The first-order chi connectivity index (χ1) is 15.5. The molecule has 0 saturated heterocycles. The molecule has 0 saturated carbocycles. The van der Waals surface area contributed by atoms with E-state index in [1.54, 1.807) is 47.9 Å². The normalized spacial score (nSPS) is 11.1. The van der Waals surface area contributed by atoms with Crippen LogP contribution >= 0.6 is 11.8 Å². The van der Waals surface area contributed by atoms with Gasteiger partial charge in [-0.05, 0) is 18.6 Å². The average Bonchev–Trinajstić information content (AvgIpc) is 3.19. The molecule has 0 aliphatic heterocycles. The zero-order valence-electron chi connectivity index (χ0n) is 19.1. The van der Waals surface area contributed by atoms with Gasteiger partial charge in [-0.1, -0.05) is 32.5 Å². The summed E-state index contributed by atoms with van der Waals surface area (Å²) in [6.07, 6.45) is 2.76. The fourth-order valence-electron chi connectivity index (χ4n) is 3.10. The van der Waals surface area contributed by atoms with E-state index in [4.69, 9.17) is 14.5 Å². The molecule has 9 nitrogen and oxygen atoms in total. The van der Waals surface area contributed by atoms with Crippen LogP contribution < -0.4 is 20.1 Å². The van der Waals surface area contributed by atoms with Crippen molar-refractivity contribution in [3.05, 3.63) is 30.0 Å². The molecule has 0 atom stereocenters. The van der Waals surface area contributed by atoms with E-state index >= 15 is 0 Å². The quantitative estimate of drug-likeness (QED) is 0.332. The number of thioether (sulfide) groups is 1. The van der Waals surface area contributed by atoms with Crippen molar-refractivity contribution in [3.63, 3.8) is 0 Å². The number of hydrogen-bond acceptors (Lipinski definition) is 8. The van der Waals surface area contributed by atoms with Gasteiger partial charge in [-0.15, -0.1) is 0 Å². The summed E-state index contributed by atoms with van der Waals surface area (Å²) in [5.74, 6) is 1.65. The van der Waals surface area contributed by atoms with Gasteiger partial charge in [0, 0.05) is 24.4 Å². The van der Waals surface area contributed by atoms with Gasteiger partial charge < -0.3 is 20.1 Å². The second-order valence-corrected chi connectivity index (χ2v) is 8.92. The second-order valence-electron chi connectivity index (χ2n) is 7.38. The number of rotatable bonds is 11. The topological polar surface area (TPSA) is 103 Å². The summed E-state index contributed by atoms with van der Waals surface area (Å²) in [5, 5.41) is 12.7. The molecule has 0 radical (unpaired) electrons. The minimum atomic E-state index is -0.225. The maximum Gasteiger partial charge on any atom is 0.255 e. The summed E-state index contributed by atoms with van der Waals surface area (Å²) in [5.41, 5.74) is 1.20. The summed E-state index contributed by atoms with van der Waals surface area (Å²) >= 11 is 1.61. The van der Waals surface area contributed by atoms with Gasteiger partial charge in [0.1, 0.15) is 17.3 Å². The van der Waals surface area contributed by atoms with Crippen molar-refractivity contribution < 1.29 is 14.3 Å². The lowest BCUT2D eigenvalue weighted by atomic mass is 10.1. The number of ether oxygens (including phenoxy) is 2. The molecule has 0 aliphatic carbocycles. The van der Waals surface area contributed by atoms with E-state index in [2.05, 4.69) is 41.5 Å². The number of anilines is 1. The van der Waals surface area contributed by atoms with Gasteiger partial charge in [0.05, 0.1) is 37.9 Å². The van der Waals surface area contributed by atoms with Crippen LogP contribution in [0.25, 0.3) is 11.0 Å². The van der Waals surface area contributed by atoms with Crippen LogP contribution in [-0.2, 0) is 6.54 Å². The molecule has 2 heterocycles. The lowest BCUT2D eigenvalue weighted by Gasteiger charge is -2.12. The molecule has 1 amide bonds. The zero-order valence-corrected chi connectivity index (χ0v) is 20.0. The van der Waals surface area contributed by atoms with E-state index in [-0.39, 0.29) is 5.91 Å². The highest BCUT2D eigenvalue weighted by Gasteiger charge is 2.16. The third kappa shape index (κ3) is 5.61. The molecule has 0 spiro atoms. The Morgan fingerprint density at radius 2 is 2.00 bits per heavy atom. The van der Waals surface area contributed by atoms with E-state index in [1.165, 1.54) is 7.11 Å². The van der Waals surface area contributed by atoms with Crippen LogP contribution in [0.4, 0.5) is 5.82 Å². The standard InChI is InChI=1S/C22H30N6O3S/c1-6-9-23-19-17-13-25-28(20(17)27-22(26-19)32-14(2)3)11-10-24-21(29)16-8-7-15(30-4)12-18(16)31-5/h7-8,12-14H,6,9-11H2,1-5H3,(H,24,29)(H,23,26,27). The Labute approximate surface area is 192 Å². The van der Waals surface area contributed by atoms with Crippen LogP contribution in [0.3, 0.4) is 0 Å². The number of nitrogens with one attached hydrogen (secondary N) is 2. The predicted molar refractivity (Wildman–Crippen MR) is 127 cm³/mol. The van der Waals surface area contributed by atoms with E-state index in [1.807, 2.05) is 0 Å². The number of fused-ring (bicyclic) bond motifs is 1. The fraction of sp³-hybridized carbons (Fsp3) is 0.455. The van der Waals surface area contributed by atoms with E-state index in [9.17, 15) is 4.79 Å². The van der Waals surface area contributed by atoms with Crippen LogP contribution in [0.2, 0.25) is 0 Å². The Balaban J connectivity index is 1.75. The Hall–Kier alpha value is -3.01. The first kappa shape index (κ1) is 23.6. The van der Waals surface area contributed by atoms with Crippen molar-refractivity contribution in [2.75, 3.05) is 32.6 Å². The number of aromatic nitrogens is 4. The lowest BCUT2D eigenvalue weighted by molar-refractivity contribution is 0.0949. The highest BCUT2D eigenvalue weighted by molar-refractivity contribution is 7.99. The molecule has 10 heteroatoms. The van der Waals surface area contributed by atoms with Crippen LogP contribution in [0.15, 0.2) is 29.6 Å². The van der Waals surface area contributed by atoms with Crippen LogP contribution in [0, 0.1) is 0 Å². The predicted octanol–water partition coefficient (Wildman–Crippen LogP) is 3.60. The maximum absolute atomic E-state index is 12.7. The molecule has 32 heavy (non-hydrogen) atoms. The number of nitrogens with zero attached hydrogens (tertiary/aromatic N) is 4. The Morgan fingerprint density at radius 3 is 2.69 bits per heavy atom. The summed E-state index contributed by atoms with van der Waals surface area (Å²) in [6, 6.07) is 5.10. The summed E-state index contributed by atoms with van der Waals surface area (Å²) in [7, 11) is 3.10. The summed E-state index contributed by atoms with van der Waals surface area (Å²) < 4.78 is 12.3. The van der Waals surface area contributed by atoms with Gasteiger partial charge in [0.2, 0.25) is 0 Å². The van der Waals surface area contributed by atoms with Crippen LogP contribution in [-0.4, -0.2) is 58.2 Å². The zero-order chi connectivity index (χ0) is 23.1. The van der Waals surface area contributed by atoms with Crippen LogP contribution in [0.1, 0.15) is 37.6 Å². The van der Waals surface area contributed by atoms with Crippen LogP contribution in [0.5, 0.6) is 11.5 Å². The lowest BCUT2D eigenvalue weighted by Crippen LogP contribution is -2.28. The van der Waals surface area contributed by atoms with Crippen molar-refractivity contribution in [2.24, 2.45) is 0 Å². The van der Waals surface area contributed by atoms with Gasteiger partial charge in [0.25, 0.3) is 5.91 Å².